The molecule has 0 saturated heterocycles. The molecule has 0 spiro atoms. The number of hydrogen-bond acceptors (Lipinski definition) is 2. The van der Waals surface area contributed by atoms with Crippen molar-refractivity contribution in [3.63, 3.8) is 0 Å². The van der Waals surface area contributed by atoms with Gasteiger partial charge in [0.1, 0.15) is 0 Å². The van der Waals surface area contributed by atoms with Crippen molar-refractivity contribution in [1.82, 2.24) is 5.32 Å². The predicted octanol–water partition coefficient (Wildman–Crippen LogP) is 3.21. The predicted molar refractivity (Wildman–Crippen MR) is 74.0 cm³/mol. The van der Waals surface area contributed by atoms with Gasteiger partial charge in [0, 0.05) is 18.1 Å². The van der Waals surface area contributed by atoms with Crippen molar-refractivity contribution in [3.05, 3.63) is 0 Å². The summed E-state index contributed by atoms with van der Waals surface area (Å²) in [5.74, 6) is 0.754. The van der Waals surface area contributed by atoms with Crippen LogP contribution in [0.25, 0.3) is 0 Å². The van der Waals surface area contributed by atoms with Gasteiger partial charge in [-0.3, -0.25) is 0 Å². The van der Waals surface area contributed by atoms with Crippen LogP contribution in [-0.4, -0.2) is 18.1 Å². The maximum atomic E-state index is 6.12. The van der Waals surface area contributed by atoms with E-state index in [1.165, 1.54) is 64.2 Å². The van der Waals surface area contributed by atoms with Crippen LogP contribution in [0.3, 0.4) is 0 Å². The summed E-state index contributed by atoms with van der Waals surface area (Å²) in [5.41, 5.74) is 6.38. The molecule has 0 aliphatic heterocycles. The normalized spacial score (nSPS) is 36.7. The molecule has 2 nitrogen and oxygen atoms in total. The van der Waals surface area contributed by atoms with Crippen molar-refractivity contribution >= 4 is 0 Å². The van der Waals surface area contributed by atoms with Crippen LogP contribution in [0, 0.1) is 5.92 Å². The molecule has 0 aromatic rings. The van der Waals surface area contributed by atoms with Gasteiger partial charge >= 0.3 is 0 Å². The molecule has 2 unspecified atom stereocenters. The van der Waals surface area contributed by atoms with Crippen molar-refractivity contribution in [1.29, 1.82) is 0 Å². The third kappa shape index (κ3) is 3.23. The molecule has 2 saturated carbocycles. The highest BCUT2D eigenvalue weighted by Gasteiger charge is 2.38. The molecule has 2 fully saturated rings. The van der Waals surface area contributed by atoms with E-state index in [2.05, 4.69) is 12.2 Å². The summed E-state index contributed by atoms with van der Waals surface area (Å²) in [6, 6.07) is 0.738. The van der Waals surface area contributed by atoms with E-state index < -0.39 is 0 Å². The van der Waals surface area contributed by atoms with E-state index in [4.69, 9.17) is 5.73 Å². The van der Waals surface area contributed by atoms with Gasteiger partial charge in [-0.15, -0.1) is 0 Å². The molecule has 0 amide bonds. The molecule has 3 N–H and O–H groups in total. The highest BCUT2D eigenvalue weighted by molar-refractivity contribution is 4.98. The quantitative estimate of drug-likeness (QED) is 0.741. The second kappa shape index (κ2) is 6.19. The van der Waals surface area contributed by atoms with Crippen LogP contribution in [0.5, 0.6) is 0 Å². The van der Waals surface area contributed by atoms with Gasteiger partial charge in [0.2, 0.25) is 0 Å². The number of rotatable bonds is 3. The average molecular weight is 238 g/mol. The Balaban J connectivity index is 1.96. The summed E-state index contributed by atoms with van der Waals surface area (Å²) < 4.78 is 0. The molecule has 100 valence electrons. The van der Waals surface area contributed by atoms with Gasteiger partial charge in [0.05, 0.1) is 0 Å². The maximum absolute atomic E-state index is 6.12. The first kappa shape index (κ1) is 13.4. The van der Waals surface area contributed by atoms with E-state index in [0.717, 1.165) is 18.5 Å². The Hall–Kier alpha value is -0.0800. The molecule has 2 atom stereocenters. The van der Waals surface area contributed by atoms with Crippen LogP contribution in [0.4, 0.5) is 0 Å². The van der Waals surface area contributed by atoms with Crippen molar-refractivity contribution in [2.75, 3.05) is 6.54 Å². The minimum atomic E-state index is 0.257. The average Bonchev–Trinajstić information content (AvgIpc) is 2.61. The molecule has 2 aliphatic carbocycles. The largest absolute Gasteiger partial charge is 0.329 e. The summed E-state index contributed by atoms with van der Waals surface area (Å²) in [7, 11) is 0. The summed E-state index contributed by atoms with van der Waals surface area (Å²) in [4.78, 5) is 0. The third-order valence-electron chi connectivity index (χ3n) is 5.16. The van der Waals surface area contributed by atoms with Crippen LogP contribution in [0.2, 0.25) is 0 Å². The molecule has 0 heterocycles. The van der Waals surface area contributed by atoms with Gasteiger partial charge in [-0.25, -0.2) is 0 Å². The molecule has 0 bridgehead atoms. The Morgan fingerprint density at radius 1 is 1.00 bits per heavy atom. The molecular weight excluding hydrogens is 208 g/mol. The van der Waals surface area contributed by atoms with Crippen molar-refractivity contribution in [2.24, 2.45) is 11.7 Å². The van der Waals surface area contributed by atoms with Crippen LogP contribution in [0.1, 0.15) is 71.1 Å². The zero-order valence-corrected chi connectivity index (χ0v) is 11.5. The van der Waals surface area contributed by atoms with Crippen LogP contribution in [-0.2, 0) is 0 Å². The van der Waals surface area contributed by atoms with Gasteiger partial charge < -0.3 is 11.1 Å². The fraction of sp³-hybridized carbons (Fsp3) is 1.00. The Morgan fingerprint density at radius 3 is 2.24 bits per heavy atom. The molecular formula is C15H30N2. The van der Waals surface area contributed by atoms with E-state index in [0.29, 0.717) is 0 Å². The zero-order chi connectivity index (χ0) is 12.1. The molecule has 2 heteroatoms. The number of nitrogens with one attached hydrogen (secondary N) is 1. The lowest BCUT2D eigenvalue weighted by molar-refractivity contribution is 0.139. The van der Waals surface area contributed by atoms with Gasteiger partial charge in [-0.1, -0.05) is 45.4 Å². The van der Waals surface area contributed by atoms with Crippen molar-refractivity contribution < 1.29 is 0 Å². The zero-order valence-electron chi connectivity index (χ0n) is 11.5. The summed E-state index contributed by atoms with van der Waals surface area (Å²) in [6.07, 6.45) is 13.8. The second-order valence-corrected chi connectivity index (χ2v) is 6.34. The standard InChI is InChI=1S/C15H30N2/c1-13-8-6-7-11-15(13,12-16)17-14-9-4-2-3-5-10-14/h13-14,17H,2-12,16H2,1H3. The summed E-state index contributed by atoms with van der Waals surface area (Å²) >= 11 is 0. The highest BCUT2D eigenvalue weighted by atomic mass is 15.0. The fourth-order valence-electron chi connectivity index (χ4n) is 3.82. The van der Waals surface area contributed by atoms with Gasteiger partial charge in [-0.2, -0.15) is 0 Å². The lowest BCUT2D eigenvalue weighted by atomic mass is 9.73. The first-order valence-corrected chi connectivity index (χ1v) is 7.74. The summed E-state index contributed by atoms with van der Waals surface area (Å²) in [6.45, 7) is 3.22. The number of nitrogens with two attached hydrogens (primary N) is 1. The first-order valence-electron chi connectivity index (χ1n) is 7.74. The van der Waals surface area contributed by atoms with E-state index in [1.807, 2.05) is 0 Å². The topological polar surface area (TPSA) is 38.0 Å². The Kier molecular flexibility index (Phi) is 4.87. The van der Waals surface area contributed by atoms with Crippen LogP contribution < -0.4 is 11.1 Å². The van der Waals surface area contributed by atoms with Crippen molar-refractivity contribution in [3.8, 4) is 0 Å². The maximum Gasteiger partial charge on any atom is 0.0332 e. The lowest BCUT2D eigenvalue weighted by Gasteiger charge is -2.45. The number of hydrogen-bond donors (Lipinski definition) is 2. The van der Waals surface area contributed by atoms with Crippen LogP contribution >= 0.6 is 0 Å². The molecule has 0 aromatic carbocycles. The van der Waals surface area contributed by atoms with Gasteiger partial charge in [0.15, 0.2) is 0 Å². The van der Waals surface area contributed by atoms with Gasteiger partial charge in [0.25, 0.3) is 0 Å². The third-order valence-corrected chi connectivity index (χ3v) is 5.16. The summed E-state index contributed by atoms with van der Waals surface area (Å²) in [5, 5.41) is 3.99. The monoisotopic (exact) mass is 238 g/mol. The molecule has 0 aromatic heterocycles. The van der Waals surface area contributed by atoms with Gasteiger partial charge in [-0.05, 0) is 31.6 Å². The lowest BCUT2D eigenvalue weighted by Crippen LogP contribution is -2.60. The first-order chi connectivity index (χ1) is 8.27. The van der Waals surface area contributed by atoms with Crippen LogP contribution in [0.15, 0.2) is 0 Å². The highest BCUT2D eigenvalue weighted by Crippen LogP contribution is 2.34. The second-order valence-electron chi connectivity index (χ2n) is 6.34. The molecule has 2 aliphatic rings. The van der Waals surface area contributed by atoms with E-state index in [9.17, 15) is 0 Å². The Morgan fingerprint density at radius 2 is 1.65 bits per heavy atom. The smallest absolute Gasteiger partial charge is 0.0332 e. The SMILES string of the molecule is CC1CCCCC1(CN)NC1CCCCCC1. The van der Waals surface area contributed by atoms with Crippen molar-refractivity contribution in [2.45, 2.75) is 82.7 Å². The molecule has 17 heavy (non-hydrogen) atoms. The minimum absolute atomic E-state index is 0.257. The minimum Gasteiger partial charge on any atom is -0.329 e. The van der Waals surface area contributed by atoms with E-state index in [1.54, 1.807) is 0 Å². The molecule has 0 radical (unpaired) electrons. The Bertz CT molecular complexity index is 221. The molecule has 2 rings (SSSR count). The van der Waals surface area contributed by atoms with E-state index >= 15 is 0 Å². The fourth-order valence-corrected chi connectivity index (χ4v) is 3.82. The van der Waals surface area contributed by atoms with E-state index in [-0.39, 0.29) is 5.54 Å². The Labute approximate surface area is 107 Å².